The number of hydrogen-bond donors (Lipinski definition) is 2. The first-order valence-corrected chi connectivity index (χ1v) is 7.73. The Bertz CT molecular complexity index is 770. The maximum absolute atomic E-state index is 4.82. The summed E-state index contributed by atoms with van der Waals surface area (Å²) in [5.74, 6) is 0.715. The number of nitrogens with one attached hydrogen (secondary N) is 2. The molecule has 3 aromatic rings. The van der Waals surface area contributed by atoms with E-state index in [0.29, 0.717) is 19.0 Å². The van der Waals surface area contributed by atoms with Gasteiger partial charge in [-0.2, -0.15) is 5.10 Å². The topological polar surface area (TPSA) is 80.3 Å². The van der Waals surface area contributed by atoms with E-state index in [2.05, 4.69) is 38.0 Å². The normalized spacial score (nSPS) is 11.0. The lowest BCUT2D eigenvalue weighted by Gasteiger charge is -2.14. The van der Waals surface area contributed by atoms with E-state index in [4.69, 9.17) is 4.52 Å². The third-order valence-electron chi connectivity index (χ3n) is 3.61. The van der Waals surface area contributed by atoms with Crippen LogP contribution in [-0.2, 0) is 19.6 Å². The summed E-state index contributed by atoms with van der Waals surface area (Å²) in [6.45, 7) is 1.98. The average molecular weight is 452 g/mol. The molecule has 0 fully saturated rings. The molecule has 2 heterocycles. The minimum absolute atomic E-state index is 0. The van der Waals surface area contributed by atoms with Crippen LogP contribution in [0.1, 0.15) is 16.8 Å². The van der Waals surface area contributed by atoms with E-state index in [0.717, 1.165) is 12.2 Å². The highest BCUT2D eigenvalue weighted by Gasteiger charge is 2.05. The molecular weight excluding hydrogens is 431 g/mol. The van der Waals surface area contributed by atoms with Crippen molar-refractivity contribution in [2.45, 2.75) is 19.6 Å². The standard InChI is InChI=1S/C17H20N6O.HI/c1-18-17(20-12-16-7-10-24-22-16)19-11-14-5-2-3-6-15(14)13-23-9-4-8-21-23;/h2-10H,11-13H2,1H3,(H2,18,19,20);1H. The molecule has 2 N–H and O–H groups in total. The van der Waals surface area contributed by atoms with Crippen LogP contribution in [0.4, 0.5) is 0 Å². The Balaban J connectivity index is 0.00000225. The monoisotopic (exact) mass is 452 g/mol. The summed E-state index contributed by atoms with van der Waals surface area (Å²) in [5.41, 5.74) is 3.26. The predicted molar refractivity (Wildman–Crippen MR) is 107 cm³/mol. The Hall–Kier alpha value is -2.36. The van der Waals surface area contributed by atoms with Gasteiger partial charge in [0.1, 0.15) is 12.0 Å². The van der Waals surface area contributed by atoms with Crippen molar-refractivity contribution in [2.75, 3.05) is 7.05 Å². The first-order valence-electron chi connectivity index (χ1n) is 7.73. The van der Waals surface area contributed by atoms with Crippen LogP contribution in [0.5, 0.6) is 0 Å². The maximum Gasteiger partial charge on any atom is 0.191 e. The van der Waals surface area contributed by atoms with Gasteiger partial charge in [0.05, 0.1) is 13.1 Å². The van der Waals surface area contributed by atoms with Gasteiger partial charge in [0.25, 0.3) is 0 Å². The summed E-state index contributed by atoms with van der Waals surface area (Å²) < 4.78 is 6.73. The van der Waals surface area contributed by atoms with Crippen molar-refractivity contribution < 1.29 is 4.52 Å². The maximum atomic E-state index is 4.82. The molecule has 3 rings (SSSR count). The van der Waals surface area contributed by atoms with Crippen LogP contribution in [0.25, 0.3) is 0 Å². The molecule has 0 aliphatic rings. The van der Waals surface area contributed by atoms with E-state index in [1.54, 1.807) is 19.5 Å². The summed E-state index contributed by atoms with van der Waals surface area (Å²) in [7, 11) is 1.74. The fraction of sp³-hybridized carbons (Fsp3) is 0.235. The molecule has 1 aromatic carbocycles. The van der Waals surface area contributed by atoms with Gasteiger partial charge in [-0.05, 0) is 17.2 Å². The van der Waals surface area contributed by atoms with E-state index in [1.807, 2.05) is 35.1 Å². The molecule has 0 unspecified atom stereocenters. The molecule has 25 heavy (non-hydrogen) atoms. The van der Waals surface area contributed by atoms with Crippen LogP contribution in [0.3, 0.4) is 0 Å². The van der Waals surface area contributed by atoms with Gasteiger partial charge in [0.15, 0.2) is 5.96 Å². The fourth-order valence-corrected chi connectivity index (χ4v) is 2.36. The molecule has 2 aromatic heterocycles. The van der Waals surface area contributed by atoms with Crippen molar-refractivity contribution in [3.05, 3.63) is 71.9 Å². The molecule has 0 radical (unpaired) electrons. The van der Waals surface area contributed by atoms with Crippen molar-refractivity contribution in [3.8, 4) is 0 Å². The average Bonchev–Trinajstić information content (AvgIpc) is 3.30. The van der Waals surface area contributed by atoms with Gasteiger partial charge in [-0.25, -0.2) is 0 Å². The third kappa shape index (κ3) is 5.59. The first-order chi connectivity index (χ1) is 11.8. The lowest BCUT2D eigenvalue weighted by Crippen LogP contribution is -2.36. The Kier molecular flexibility index (Phi) is 7.45. The quantitative estimate of drug-likeness (QED) is 0.341. The summed E-state index contributed by atoms with van der Waals surface area (Å²) in [4.78, 5) is 4.23. The van der Waals surface area contributed by atoms with Gasteiger partial charge in [-0.1, -0.05) is 29.4 Å². The number of nitrogens with zero attached hydrogens (tertiary/aromatic N) is 4. The van der Waals surface area contributed by atoms with Crippen molar-refractivity contribution in [3.63, 3.8) is 0 Å². The van der Waals surface area contributed by atoms with E-state index in [9.17, 15) is 0 Å². The molecule has 132 valence electrons. The zero-order valence-corrected chi connectivity index (χ0v) is 16.3. The minimum atomic E-state index is 0. The highest BCUT2D eigenvalue weighted by atomic mass is 127. The number of hydrogen-bond acceptors (Lipinski definition) is 4. The molecule has 0 spiro atoms. The molecule has 0 atom stereocenters. The zero-order chi connectivity index (χ0) is 16.6. The van der Waals surface area contributed by atoms with Crippen molar-refractivity contribution in [1.82, 2.24) is 25.6 Å². The second kappa shape index (κ2) is 9.82. The van der Waals surface area contributed by atoms with Gasteiger partial charge in [-0.15, -0.1) is 24.0 Å². The molecule has 0 amide bonds. The number of aliphatic imine (C=N–C) groups is 1. The molecule has 0 bridgehead atoms. The minimum Gasteiger partial charge on any atom is -0.364 e. The summed E-state index contributed by atoms with van der Waals surface area (Å²) in [6, 6.07) is 12.0. The van der Waals surface area contributed by atoms with Crippen molar-refractivity contribution in [1.29, 1.82) is 0 Å². The molecule has 7 nitrogen and oxygen atoms in total. The molecule has 0 saturated heterocycles. The number of rotatable bonds is 6. The van der Waals surface area contributed by atoms with E-state index >= 15 is 0 Å². The highest BCUT2D eigenvalue weighted by Crippen LogP contribution is 2.10. The second-order valence-electron chi connectivity index (χ2n) is 5.24. The van der Waals surface area contributed by atoms with Crippen LogP contribution >= 0.6 is 24.0 Å². The fourth-order valence-electron chi connectivity index (χ4n) is 2.36. The SMILES string of the molecule is CN=C(NCc1ccon1)NCc1ccccc1Cn1cccn1.I. The highest BCUT2D eigenvalue weighted by molar-refractivity contribution is 14.0. The van der Waals surface area contributed by atoms with Gasteiger partial charge in [0.2, 0.25) is 0 Å². The number of benzene rings is 1. The largest absolute Gasteiger partial charge is 0.364 e. The Morgan fingerprint density at radius 2 is 1.92 bits per heavy atom. The number of halogens is 1. The van der Waals surface area contributed by atoms with Gasteiger partial charge >= 0.3 is 0 Å². The van der Waals surface area contributed by atoms with Crippen LogP contribution < -0.4 is 10.6 Å². The Labute approximate surface area is 163 Å². The van der Waals surface area contributed by atoms with Gasteiger partial charge in [-0.3, -0.25) is 9.67 Å². The lowest BCUT2D eigenvalue weighted by atomic mass is 10.1. The van der Waals surface area contributed by atoms with Gasteiger partial charge in [0, 0.05) is 32.1 Å². The second-order valence-corrected chi connectivity index (χ2v) is 5.24. The Morgan fingerprint density at radius 3 is 2.60 bits per heavy atom. The number of aromatic nitrogens is 3. The molecule has 0 saturated carbocycles. The zero-order valence-electron chi connectivity index (χ0n) is 13.9. The molecular formula is C17H21IN6O. The summed E-state index contributed by atoms with van der Waals surface area (Å²) >= 11 is 0. The van der Waals surface area contributed by atoms with E-state index in [1.165, 1.54) is 11.1 Å². The molecule has 8 heteroatoms. The lowest BCUT2D eigenvalue weighted by molar-refractivity contribution is 0.410. The summed E-state index contributed by atoms with van der Waals surface area (Å²) in [5, 5.41) is 14.7. The van der Waals surface area contributed by atoms with Crippen LogP contribution in [-0.4, -0.2) is 27.9 Å². The third-order valence-corrected chi connectivity index (χ3v) is 3.61. The summed E-state index contributed by atoms with van der Waals surface area (Å²) in [6.07, 6.45) is 5.30. The van der Waals surface area contributed by atoms with Crippen LogP contribution in [0, 0.1) is 0 Å². The smallest absolute Gasteiger partial charge is 0.191 e. The number of guanidine groups is 1. The predicted octanol–water partition coefficient (Wildman–Crippen LogP) is 2.40. The van der Waals surface area contributed by atoms with E-state index in [-0.39, 0.29) is 24.0 Å². The Morgan fingerprint density at radius 1 is 1.12 bits per heavy atom. The van der Waals surface area contributed by atoms with Crippen molar-refractivity contribution >= 4 is 29.9 Å². The van der Waals surface area contributed by atoms with Gasteiger partial charge < -0.3 is 15.2 Å². The molecule has 0 aliphatic heterocycles. The van der Waals surface area contributed by atoms with Crippen molar-refractivity contribution in [2.24, 2.45) is 4.99 Å². The van der Waals surface area contributed by atoms with Crippen LogP contribution in [0.15, 0.2) is 64.6 Å². The molecule has 0 aliphatic carbocycles. The van der Waals surface area contributed by atoms with E-state index < -0.39 is 0 Å². The first kappa shape index (κ1) is 19.0. The van der Waals surface area contributed by atoms with Crippen LogP contribution in [0.2, 0.25) is 0 Å².